The molecule has 0 amide bonds. The number of aryl methyl sites for hydroxylation is 1. The third-order valence-electron chi connectivity index (χ3n) is 2.91. The van der Waals surface area contributed by atoms with Crippen molar-refractivity contribution in [2.45, 2.75) is 26.4 Å². The molecule has 1 unspecified atom stereocenters. The molecule has 0 saturated carbocycles. The summed E-state index contributed by atoms with van der Waals surface area (Å²) in [4.78, 5) is 0. The van der Waals surface area contributed by atoms with Crippen LogP contribution in [0.15, 0.2) is 45.5 Å². The number of furan rings is 1. The van der Waals surface area contributed by atoms with Crippen molar-refractivity contribution in [2.24, 2.45) is 0 Å². The summed E-state index contributed by atoms with van der Waals surface area (Å²) in [6.45, 7) is 4.97. The fraction of sp³-hybridized carbons (Fsp3) is 0.286. The Kier molecular flexibility index (Phi) is 4.02. The molecule has 0 aliphatic carbocycles. The number of rotatable bonds is 4. The molecule has 1 atom stereocenters. The summed E-state index contributed by atoms with van der Waals surface area (Å²) in [6, 6.07) is 10.7. The van der Waals surface area contributed by atoms with Gasteiger partial charge in [0.15, 0.2) is 0 Å². The van der Waals surface area contributed by atoms with Gasteiger partial charge in [-0.05, 0) is 43.2 Å². The van der Waals surface area contributed by atoms with Crippen molar-refractivity contribution in [3.05, 3.63) is 58.0 Å². The second-order valence-electron chi connectivity index (χ2n) is 4.18. The van der Waals surface area contributed by atoms with E-state index in [9.17, 15) is 0 Å². The smallest absolute Gasteiger partial charge is 0.120 e. The van der Waals surface area contributed by atoms with Crippen LogP contribution in [0.25, 0.3) is 0 Å². The Morgan fingerprint density at radius 3 is 2.53 bits per heavy atom. The Balaban J connectivity index is 1.95. The minimum atomic E-state index is 0.313. The first-order chi connectivity index (χ1) is 8.16. The Morgan fingerprint density at radius 1 is 1.24 bits per heavy atom. The lowest BCUT2D eigenvalue weighted by atomic mass is 10.1. The van der Waals surface area contributed by atoms with Crippen molar-refractivity contribution in [1.29, 1.82) is 0 Å². The van der Waals surface area contributed by atoms with Gasteiger partial charge < -0.3 is 9.73 Å². The highest BCUT2D eigenvalue weighted by atomic mass is 79.9. The number of halogens is 1. The van der Waals surface area contributed by atoms with Gasteiger partial charge in [-0.3, -0.25) is 0 Å². The Labute approximate surface area is 110 Å². The summed E-state index contributed by atoms with van der Waals surface area (Å²) < 4.78 is 6.51. The first-order valence-electron chi connectivity index (χ1n) is 5.68. The van der Waals surface area contributed by atoms with Crippen LogP contribution in [0.5, 0.6) is 0 Å². The van der Waals surface area contributed by atoms with Crippen molar-refractivity contribution in [3.8, 4) is 0 Å². The van der Waals surface area contributed by atoms with E-state index in [1.807, 2.05) is 6.07 Å². The highest BCUT2D eigenvalue weighted by Crippen LogP contribution is 2.17. The lowest BCUT2D eigenvalue weighted by Gasteiger charge is -2.13. The van der Waals surface area contributed by atoms with E-state index in [0.29, 0.717) is 6.04 Å². The number of nitrogens with one attached hydrogen (secondary N) is 1. The molecule has 90 valence electrons. The molecule has 3 heteroatoms. The minimum absolute atomic E-state index is 0.313. The third-order valence-corrected chi connectivity index (χ3v) is 3.44. The maximum atomic E-state index is 5.40. The van der Waals surface area contributed by atoms with Crippen molar-refractivity contribution < 1.29 is 4.42 Å². The van der Waals surface area contributed by atoms with Gasteiger partial charge in [0.1, 0.15) is 5.76 Å². The van der Waals surface area contributed by atoms with Gasteiger partial charge in [0.2, 0.25) is 0 Å². The van der Waals surface area contributed by atoms with Gasteiger partial charge in [-0.1, -0.05) is 28.1 Å². The Bertz CT molecular complexity index is 475. The maximum absolute atomic E-state index is 5.40. The van der Waals surface area contributed by atoms with Gasteiger partial charge in [-0.25, -0.2) is 0 Å². The van der Waals surface area contributed by atoms with Crippen LogP contribution in [0.4, 0.5) is 0 Å². The highest BCUT2D eigenvalue weighted by molar-refractivity contribution is 9.10. The molecule has 0 radical (unpaired) electrons. The summed E-state index contributed by atoms with van der Waals surface area (Å²) in [5.41, 5.74) is 2.47. The van der Waals surface area contributed by atoms with Crippen molar-refractivity contribution >= 4 is 15.9 Å². The quantitative estimate of drug-likeness (QED) is 0.914. The van der Waals surface area contributed by atoms with E-state index in [1.54, 1.807) is 6.26 Å². The molecule has 0 aliphatic rings. The van der Waals surface area contributed by atoms with Crippen LogP contribution in [-0.4, -0.2) is 0 Å². The molecule has 2 aromatic rings. The molecule has 0 spiro atoms. The summed E-state index contributed by atoms with van der Waals surface area (Å²) in [7, 11) is 0. The molecule has 1 aromatic carbocycles. The fourth-order valence-electron chi connectivity index (χ4n) is 1.70. The monoisotopic (exact) mass is 293 g/mol. The fourth-order valence-corrected chi connectivity index (χ4v) is 1.96. The highest BCUT2D eigenvalue weighted by Gasteiger charge is 2.07. The SMILES string of the molecule is Cc1ccoc1CNC(C)c1ccc(Br)cc1. The van der Waals surface area contributed by atoms with Crippen molar-refractivity contribution in [2.75, 3.05) is 0 Å². The van der Waals surface area contributed by atoms with Gasteiger partial charge in [-0.15, -0.1) is 0 Å². The van der Waals surface area contributed by atoms with Gasteiger partial charge in [0, 0.05) is 10.5 Å². The number of hydrogen-bond acceptors (Lipinski definition) is 2. The van der Waals surface area contributed by atoms with Crippen LogP contribution in [0.3, 0.4) is 0 Å². The van der Waals surface area contributed by atoms with Gasteiger partial charge in [0.25, 0.3) is 0 Å². The summed E-state index contributed by atoms with van der Waals surface area (Å²) in [5.74, 6) is 1.01. The molecule has 0 fully saturated rings. The molecule has 17 heavy (non-hydrogen) atoms. The summed E-state index contributed by atoms with van der Waals surface area (Å²) in [5, 5.41) is 3.45. The lowest BCUT2D eigenvalue weighted by molar-refractivity contribution is 0.458. The molecule has 0 bridgehead atoms. The van der Waals surface area contributed by atoms with Gasteiger partial charge >= 0.3 is 0 Å². The van der Waals surface area contributed by atoms with Crippen LogP contribution in [0, 0.1) is 6.92 Å². The largest absolute Gasteiger partial charge is 0.468 e. The van der Waals surface area contributed by atoms with Crippen molar-refractivity contribution in [1.82, 2.24) is 5.32 Å². The summed E-state index contributed by atoms with van der Waals surface area (Å²) >= 11 is 3.44. The molecule has 1 aromatic heterocycles. The molecular weight excluding hydrogens is 278 g/mol. The topological polar surface area (TPSA) is 25.2 Å². The first kappa shape index (κ1) is 12.4. The molecule has 2 rings (SSSR count). The molecule has 0 saturated heterocycles. The van der Waals surface area contributed by atoms with Crippen LogP contribution in [-0.2, 0) is 6.54 Å². The van der Waals surface area contributed by atoms with E-state index in [-0.39, 0.29) is 0 Å². The molecule has 0 aliphatic heterocycles. The van der Waals surface area contributed by atoms with E-state index < -0.39 is 0 Å². The third kappa shape index (κ3) is 3.20. The van der Waals surface area contributed by atoms with Gasteiger partial charge in [-0.2, -0.15) is 0 Å². The van der Waals surface area contributed by atoms with Crippen LogP contribution < -0.4 is 5.32 Å². The van der Waals surface area contributed by atoms with Gasteiger partial charge in [0.05, 0.1) is 12.8 Å². The lowest BCUT2D eigenvalue weighted by Crippen LogP contribution is -2.18. The van der Waals surface area contributed by atoms with Crippen LogP contribution in [0.1, 0.15) is 29.9 Å². The Hall–Kier alpha value is -1.06. The van der Waals surface area contributed by atoms with Crippen LogP contribution in [0.2, 0.25) is 0 Å². The zero-order valence-electron chi connectivity index (χ0n) is 10.0. The predicted octanol–water partition coefficient (Wildman–Crippen LogP) is 4.20. The Morgan fingerprint density at radius 2 is 1.94 bits per heavy atom. The average Bonchev–Trinajstić information content (AvgIpc) is 2.73. The minimum Gasteiger partial charge on any atom is -0.468 e. The molecule has 1 heterocycles. The second kappa shape index (κ2) is 5.52. The predicted molar refractivity (Wildman–Crippen MR) is 72.8 cm³/mol. The zero-order valence-corrected chi connectivity index (χ0v) is 11.6. The molecule has 2 nitrogen and oxygen atoms in total. The van der Waals surface area contributed by atoms with Crippen LogP contribution >= 0.6 is 15.9 Å². The summed E-state index contributed by atoms with van der Waals surface area (Å²) in [6.07, 6.45) is 1.73. The molecule has 1 N–H and O–H groups in total. The van der Waals surface area contributed by atoms with Crippen molar-refractivity contribution in [3.63, 3.8) is 0 Å². The number of benzene rings is 1. The molecular formula is C14H16BrNO. The average molecular weight is 294 g/mol. The van der Waals surface area contributed by atoms with E-state index >= 15 is 0 Å². The normalized spacial score (nSPS) is 12.6. The van der Waals surface area contributed by atoms with E-state index in [2.05, 4.69) is 59.4 Å². The number of hydrogen-bond donors (Lipinski definition) is 1. The first-order valence-corrected chi connectivity index (χ1v) is 6.48. The van der Waals surface area contributed by atoms with E-state index in [0.717, 1.165) is 16.8 Å². The van der Waals surface area contributed by atoms with E-state index in [1.165, 1.54) is 11.1 Å². The van der Waals surface area contributed by atoms with E-state index in [4.69, 9.17) is 4.42 Å². The standard InChI is InChI=1S/C14H16BrNO/c1-10-7-8-17-14(10)9-16-11(2)12-3-5-13(15)6-4-12/h3-8,11,16H,9H2,1-2H3. The second-order valence-corrected chi connectivity index (χ2v) is 5.10. The maximum Gasteiger partial charge on any atom is 0.120 e. The zero-order chi connectivity index (χ0) is 12.3.